The SMILES string of the molecule is Clc1noc(CCC2CCCO2)n1. The van der Waals surface area contributed by atoms with Crippen molar-refractivity contribution >= 4 is 11.6 Å². The summed E-state index contributed by atoms with van der Waals surface area (Å²) in [6.45, 7) is 0.884. The summed E-state index contributed by atoms with van der Waals surface area (Å²) in [6.07, 6.45) is 4.37. The van der Waals surface area contributed by atoms with E-state index in [0.717, 1.165) is 32.3 Å². The fourth-order valence-corrected chi connectivity index (χ4v) is 1.62. The minimum Gasteiger partial charge on any atom is -0.378 e. The second-order valence-electron chi connectivity index (χ2n) is 3.13. The number of aryl methyl sites for hydroxylation is 1. The van der Waals surface area contributed by atoms with E-state index >= 15 is 0 Å². The molecule has 5 heteroatoms. The lowest BCUT2D eigenvalue weighted by molar-refractivity contribution is 0.102. The standard InChI is InChI=1S/C8H11ClN2O2/c9-8-10-7(13-11-8)4-3-6-2-1-5-12-6/h6H,1-5H2. The van der Waals surface area contributed by atoms with Crippen LogP contribution < -0.4 is 0 Å². The highest BCUT2D eigenvalue weighted by molar-refractivity contribution is 6.28. The zero-order valence-corrected chi connectivity index (χ0v) is 7.96. The van der Waals surface area contributed by atoms with Crippen LogP contribution in [-0.2, 0) is 11.2 Å². The van der Waals surface area contributed by atoms with Gasteiger partial charge in [0.1, 0.15) is 0 Å². The first-order chi connectivity index (χ1) is 6.34. The monoisotopic (exact) mass is 202 g/mol. The van der Waals surface area contributed by atoms with E-state index in [1.54, 1.807) is 0 Å². The van der Waals surface area contributed by atoms with Crippen LogP contribution in [0, 0.1) is 0 Å². The van der Waals surface area contributed by atoms with Gasteiger partial charge in [-0.15, -0.1) is 0 Å². The Balaban J connectivity index is 1.78. The number of hydrogen-bond acceptors (Lipinski definition) is 4. The maximum absolute atomic E-state index is 5.51. The molecule has 2 heterocycles. The molecule has 1 atom stereocenters. The number of halogens is 1. The van der Waals surface area contributed by atoms with Crippen LogP contribution in [0.5, 0.6) is 0 Å². The molecule has 0 radical (unpaired) electrons. The highest BCUT2D eigenvalue weighted by atomic mass is 35.5. The van der Waals surface area contributed by atoms with Gasteiger partial charge in [-0.2, -0.15) is 4.98 Å². The van der Waals surface area contributed by atoms with Crippen LogP contribution in [0.25, 0.3) is 0 Å². The third-order valence-electron chi connectivity index (χ3n) is 2.15. The highest BCUT2D eigenvalue weighted by Gasteiger charge is 2.16. The fourth-order valence-electron chi connectivity index (χ4n) is 1.49. The molecule has 1 aromatic rings. The molecular weight excluding hydrogens is 192 g/mol. The Morgan fingerprint density at radius 3 is 3.08 bits per heavy atom. The van der Waals surface area contributed by atoms with Crippen molar-refractivity contribution in [1.82, 2.24) is 10.1 Å². The Labute approximate surface area is 81.2 Å². The van der Waals surface area contributed by atoms with Gasteiger partial charge in [-0.3, -0.25) is 0 Å². The maximum Gasteiger partial charge on any atom is 0.263 e. The van der Waals surface area contributed by atoms with E-state index < -0.39 is 0 Å². The Kier molecular flexibility index (Phi) is 2.80. The van der Waals surface area contributed by atoms with Gasteiger partial charge in [0.2, 0.25) is 5.89 Å². The summed E-state index contributed by atoms with van der Waals surface area (Å²) in [5.41, 5.74) is 0. The summed E-state index contributed by atoms with van der Waals surface area (Å²) in [7, 11) is 0. The first kappa shape index (κ1) is 8.97. The van der Waals surface area contributed by atoms with Crippen molar-refractivity contribution in [1.29, 1.82) is 0 Å². The first-order valence-corrected chi connectivity index (χ1v) is 4.82. The van der Waals surface area contributed by atoms with E-state index in [1.807, 2.05) is 0 Å². The number of aromatic nitrogens is 2. The highest BCUT2D eigenvalue weighted by Crippen LogP contribution is 2.17. The van der Waals surface area contributed by atoms with Gasteiger partial charge < -0.3 is 9.26 Å². The van der Waals surface area contributed by atoms with E-state index in [4.69, 9.17) is 20.9 Å². The first-order valence-electron chi connectivity index (χ1n) is 4.44. The average molecular weight is 203 g/mol. The minimum atomic E-state index is 0.183. The van der Waals surface area contributed by atoms with Crippen LogP contribution in [0.4, 0.5) is 0 Å². The van der Waals surface area contributed by atoms with Gasteiger partial charge in [-0.25, -0.2) is 0 Å². The smallest absolute Gasteiger partial charge is 0.263 e. The summed E-state index contributed by atoms with van der Waals surface area (Å²) in [6, 6.07) is 0. The molecule has 1 fully saturated rings. The van der Waals surface area contributed by atoms with Gasteiger partial charge in [0.15, 0.2) is 0 Å². The van der Waals surface area contributed by atoms with Gasteiger partial charge in [-0.05, 0) is 36.0 Å². The Bertz CT molecular complexity index is 271. The molecule has 0 bridgehead atoms. The molecule has 1 aromatic heterocycles. The van der Waals surface area contributed by atoms with Crippen molar-refractivity contribution < 1.29 is 9.26 Å². The predicted octanol–water partition coefficient (Wildman–Crippen LogP) is 1.83. The van der Waals surface area contributed by atoms with Crippen molar-refractivity contribution in [2.75, 3.05) is 6.61 Å². The molecule has 0 spiro atoms. The van der Waals surface area contributed by atoms with E-state index in [1.165, 1.54) is 0 Å². The number of rotatable bonds is 3. The summed E-state index contributed by atoms with van der Waals surface area (Å²) in [4.78, 5) is 3.90. The van der Waals surface area contributed by atoms with E-state index in [-0.39, 0.29) is 5.28 Å². The summed E-state index contributed by atoms with van der Waals surface area (Å²) in [5.74, 6) is 0.598. The molecule has 2 rings (SSSR count). The molecule has 1 unspecified atom stereocenters. The van der Waals surface area contributed by atoms with Crippen LogP contribution >= 0.6 is 11.6 Å². The van der Waals surface area contributed by atoms with Crippen molar-refractivity contribution in [3.05, 3.63) is 11.2 Å². The van der Waals surface area contributed by atoms with E-state index in [9.17, 15) is 0 Å². The molecule has 0 amide bonds. The normalized spacial score (nSPS) is 22.4. The molecule has 1 saturated heterocycles. The Morgan fingerprint density at radius 2 is 2.46 bits per heavy atom. The zero-order valence-electron chi connectivity index (χ0n) is 7.20. The zero-order chi connectivity index (χ0) is 9.10. The second-order valence-corrected chi connectivity index (χ2v) is 3.47. The van der Waals surface area contributed by atoms with E-state index in [2.05, 4.69) is 10.1 Å². The lowest BCUT2D eigenvalue weighted by Crippen LogP contribution is -2.06. The molecular formula is C8H11ClN2O2. The molecule has 4 nitrogen and oxygen atoms in total. The van der Waals surface area contributed by atoms with E-state index in [0.29, 0.717) is 12.0 Å². The van der Waals surface area contributed by atoms with Gasteiger partial charge in [0.05, 0.1) is 6.10 Å². The molecule has 0 N–H and O–H groups in total. The van der Waals surface area contributed by atoms with Crippen molar-refractivity contribution in [2.45, 2.75) is 31.8 Å². The van der Waals surface area contributed by atoms with Gasteiger partial charge >= 0.3 is 0 Å². The Morgan fingerprint density at radius 1 is 1.54 bits per heavy atom. The number of ether oxygens (including phenoxy) is 1. The lowest BCUT2D eigenvalue weighted by atomic mass is 10.1. The molecule has 0 saturated carbocycles. The van der Waals surface area contributed by atoms with Crippen LogP contribution in [0.15, 0.2) is 4.52 Å². The summed E-state index contributed by atoms with van der Waals surface area (Å²) in [5, 5.41) is 3.68. The van der Waals surface area contributed by atoms with Gasteiger partial charge in [-0.1, -0.05) is 0 Å². The molecule has 72 valence electrons. The third kappa shape index (κ3) is 2.42. The maximum atomic E-state index is 5.51. The second kappa shape index (κ2) is 4.07. The molecule has 1 aliphatic rings. The molecule has 13 heavy (non-hydrogen) atoms. The predicted molar refractivity (Wildman–Crippen MR) is 46.6 cm³/mol. The lowest BCUT2D eigenvalue weighted by Gasteiger charge is -2.05. The van der Waals surface area contributed by atoms with Crippen LogP contribution in [0.2, 0.25) is 5.28 Å². The van der Waals surface area contributed by atoms with Crippen LogP contribution in [0.3, 0.4) is 0 Å². The van der Waals surface area contributed by atoms with Gasteiger partial charge in [0, 0.05) is 13.0 Å². The fraction of sp³-hybridized carbons (Fsp3) is 0.750. The number of nitrogens with zero attached hydrogens (tertiary/aromatic N) is 2. The molecule has 0 aliphatic carbocycles. The van der Waals surface area contributed by atoms with Crippen LogP contribution in [-0.4, -0.2) is 22.9 Å². The topological polar surface area (TPSA) is 48.2 Å². The molecule has 1 aliphatic heterocycles. The van der Waals surface area contributed by atoms with Crippen molar-refractivity contribution in [3.63, 3.8) is 0 Å². The van der Waals surface area contributed by atoms with Gasteiger partial charge in [0.25, 0.3) is 5.28 Å². The summed E-state index contributed by atoms with van der Waals surface area (Å²) >= 11 is 5.51. The summed E-state index contributed by atoms with van der Waals surface area (Å²) < 4.78 is 10.3. The van der Waals surface area contributed by atoms with Crippen LogP contribution in [0.1, 0.15) is 25.2 Å². The Hall–Kier alpha value is -0.610. The molecule has 0 aromatic carbocycles. The minimum absolute atomic E-state index is 0.183. The average Bonchev–Trinajstić information content (AvgIpc) is 2.71. The number of hydrogen-bond donors (Lipinski definition) is 0. The quantitative estimate of drug-likeness (QED) is 0.751. The largest absolute Gasteiger partial charge is 0.378 e. The third-order valence-corrected chi connectivity index (χ3v) is 2.30. The van der Waals surface area contributed by atoms with Crippen molar-refractivity contribution in [3.8, 4) is 0 Å². The van der Waals surface area contributed by atoms with Crippen molar-refractivity contribution in [2.24, 2.45) is 0 Å².